The highest BCUT2D eigenvalue weighted by Gasteiger charge is 2.45. The minimum atomic E-state index is -0.980. The summed E-state index contributed by atoms with van der Waals surface area (Å²) in [6.45, 7) is 3.81. The quantitative estimate of drug-likeness (QED) is 0.901. The fourth-order valence-electron chi connectivity index (χ4n) is 2.70. The van der Waals surface area contributed by atoms with Crippen molar-refractivity contribution in [1.29, 1.82) is 0 Å². The Morgan fingerprint density at radius 3 is 2.64 bits per heavy atom. The Bertz CT molecular complexity index is 750. The van der Waals surface area contributed by atoms with Gasteiger partial charge in [-0.05, 0) is 55.0 Å². The van der Waals surface area contributed by atoms with Crippen LogP contribution in [0.25, 0.3) is 0 Å². The van der Waals surface area contributed by atoms with Gasteiger partial charge in [0.25, 0.3) is 0 Å². The summed E-state index contributed by atoms with van der Waals surface area (Å²) >= 11 is 1.70. The van der Waals surface area contributed by atoms with Gasteiger partial charge in [0.15, 0.2) is 0 Å². The number of carboxylic acids is 1. The van der Waals surface area contributed by atoms with Crippen LogP contribution in [-0.2, 0) is 4.79 Å². The zero-order valence-corrected chi connectivity index (χ0v) is 13.2. The summed E-state index contributed by atoms with van der Waals surface area (Å²) in [5, 5.41) is 14.0. The van der Waals surface area contributed by atoms with E-state index in [0.29, 0.717) is 17.2 Å². The van der Waals surface area contributed by atoms with Crippen LogP contribution in [0.4, 0.5) is 5.69 Å². The maximum absolute atomic E-state index is 12.3. The third kappa shape index (κ3) is 2.76. The van der Waals surface area contributed by atoms with Gasteiger partial charge >= 0.3 is 5.97 Å². The Morgan fingerprint density at radius 1 is 1.23 bits per heavy atom. The van der Waals surface area contributed by atoms with Crippen LogP contribution in [0.3, 0.4) is 0 Å². The summed E-state index contributed by atoms with van der Waals surface area (Å²) < 4.78 is 0. The Kier molecular flexibility index (Phi) is 3.74. The molecule has 1 fully saturated rings. The first-order valence-corrected chi connectivity index (χ1v) is 8.04. The van der Waals surface area contributed by atoms with Gasteiger partial charge in [0.05, 0.1) is 5.56 Å². The Balaban J connectivity index is 1.70. The molecule has 0 saturated heterocycles. The van der Waals surface area contributed by atoms with Crippen LogP contribution in [0.2, 0.25) is 0 Å². The van der Waals surface area contributed by atoms with Crippen molar-refractivity contribution < 1.29 is 14.7 Å². The molecule has 22 heavy (non-hydrogen) atoms. The molecule has 1 saturated carbocycles. The highest BCUT2D eigenvalue weighted by Crippen LogP contribution is 2.50. The number of hydrogen-bond donors (Lipinski definition) is 2. The second kappa shape index (κ2) is 5.57. The smallest absolute Gasteiger partial charge is 0.336 e. The molecule has 0 radical (unpaired) electrons. The molecule has 2 unspecified atom stereocenters. The number of anilines is 1. The number of thiophene rings is 1. The number of benzene rings is 1. The van der Waals surface area contributed by atoms with Gasteiger partial charge in [0, 0.05) is 22.4 Å². The number of carbonyl (C=O) groups excluding carboxylic acids is 1. The van der Waals surface area contributed by atoms with Gasteiger partial charge < -0.3 is 10.4 Å². The zero-order chi connectivity index (χ0) is 15.9. The van der Waals surface area contributed by atoms with Crippen LogP contribution in [0.1, 0.15) is 38.7 Å². The summed E-state index contributed by atoms with van der Waals surface area (Å²) in [6.07, 6.45) is 0.866. The monoisotopic (exact) mass is 315 g/mol. The Labute approximate surface area is 132 Å². The second-order valence-corrected chi connectivity index (χ2v) is 6.69. The fourth-order valence-corrected chi connectivity index (χ4v) is 3.81. The van der Waals surface area contributed by atoms with Crippen molar-refractivity contribution in [3.63, 3.8) is 0 Å². The molecule has 4 nitrogen and oxygen atoms in total. The molecule has 3 rings (SSSR count). The SMILES string of the molecule is Cc1ccc(NC(=O)C2CC2c2sccc2C)cc1C(=O)O. The van der Waals surface area contributed by atoms with Crippen LogP contribution in [-0.4, -0.2) is 17.0 Å². The zero-order valence-electron chi connectivity index (χ0n) is 12.4. The molecule has 2 aromatic rings. The lowest BCUT2D eigenvalue weighted by Gasteiger charge is -2.08. The molecule has 114 valence electrons. The number of amides is 1. The van der Waals surface area contributed by atoms with Crippen LogP contribution < -0.4 is 5.32 Å². The van der Waals surface area contributed by atoms with Crippen molar-refractivity contribution in [2.45, 2.75) is 26.2 Å². The van der Waals surface area contributed by atoms with Crippen molar-refractivity contribution in [3.8, 4) is 0 Å². The number of carbonyl (C=O) groups is 2. The van der Waals surface area contributed by atoms with E-state index in [4.69, 9.17) is 5.11 Å². The lowest BCUT2D eigenvalue weighted by molar-refractivity contribution is -0.117. The molecule has 0 spiro atoms. The van der Waals surface area contributed by atoms with Gasteiger partial charge in [0.1, 0.15) is 0 Å². The van der Waals surface area contributed by atoms with Crippen LogP contribution in [0, 0.1) is 19.8 Å². The van der Waals surface area contributed by atoms with E-state index < -0.39 is 5.97 Å². The molecular formula is C17H17NO3S. The summed E-state index contributed by atoms with van der Waals surface area (Å²) in [6, 6.07) is 7.05. The number of carboxylic acid groups (broad SMARTS) is 1. The summed E-state index contributed by atoms with van der Waals surface area (Å²) in [7, 11) is 0. The Hall–Kier alpha value is -2.14. The van der Waals surface area contributed by atoms with Gasteiger partial charge in [-0.3, -0.25) is 4.79 Å². The lowest BCUT2D eigenvalue weighted by Crippen LogP contribution is -2.15. The molecule has 1 aromatic carbocycles. The molecule has 1 aliphatic carbocycles. The minimum Gasteiger partial charge on any atom is -0.478 e. The fraction of sp³-hybridized carbons (Fsp3) is 0.294. The maximum Gasteiger partial charge on any atom is 0.336 e. The predicted octanol–water partition coefficient (Wildman–Crippen LogP) is 3.81. The van der Waals surface area contributed by atoms with E-state index in [9.17, 15) is 9.59 Å². The minimum absolute atomic E-state index is 0.00747. The third-order valence-corrected chi connectivity index (χ3v) is 5.25. The highest BCUT2D eigenvalue weighted by atomic mass is 32.1. The van der Waals surface area contributed by atoms with Crippen molar-refractivity contribution in [2.75, 3.05) is 5.32 Å². The van der Waals surface area contributed by atoms with Crippen LogP contribution >= 0.6 is 11.3 Å². The second-order valence-electron chi connectivity index (χ2n) is 5.74. The van der Waals surface area contributed by atoms with E-state index >= 15 is 0 Å². The molecule has 0 bridgehead atoms. The van der Waals surface area contributed by atoms with E-state index in [2.05, 4.69) is 23.7 Å². The van der Waals surface area contributed by atoms with Gasteiger partial charge in [-0.15, -0.1) is 11.3 Å². The summed E-state index contributed by atoms with van der Waals surface area (Å²) in [4.78, 5) is 24.7. The molecular weight excluding hydrogens is 298 g/mol. The van der Waals surface area contributed by atoms with Crippen LogP contribution in [0.5, 0.6) is 0 Å². The first-order valence-electron chi connectivity index (χ1n) is 7.16. The average Bonchev–Trinajstić information content (AvgIpc) is 3.15. The van der Waals surface area contributed by atoms with E-state index in [-0.39, 0.29) is 17.4 Å². The molecule has 1 amide bonds. The molecule has 1 aliphatic rings. The first kappa shape index (κ1) is 14.8. The van der Waals surface area contributed by atoms with Crippen LogP contribution in [0.15, 0.2) is 29.6 Å². The van der Waals surface area contributed by atoms with E-state index in [1.165, 1.54) is 16.5 Å². The standard InChI is InChI=1S/C17H17NO3S/c1-9-3-4-11(7-12(9)17(20)21)18-16(19)14-8-13(14)15-10(2)5-6-22-15/h3-7,13-14H,8H2,1-2H3,(H,18,19)(H,20,21). The summed E-state index contributed by atoms with van der Waals surface area (Å²) in [5.74, 6) is -0.707. The van der Waals surface area contributed by atoms with Crippen molar-refractivity contribution >= 4 is 28.9 Å². The molecule has 2 atom stereocenters. The number of hydrogen-bond acceptors (Lipinski definition) is 3. The maximum atomic E-state index is 12.3. The molecule has 2 N–H and O–H groups in total. The lowest BCUT2D eigenvalue weighted by atomic mass is 10.1. The van der Waals surface area contributed by atoms with Crippen molar-refractivity contribution in [2.24, 2.45) is 5.92 Å². The number of rotatable bonds is 4. The summed E-state index contributed by atoms with van der Waals surface area (Å²) in [5.41, 5.74) is 2.69. The molecule has 5 heteroatoms. The van der Waals surface area contributed by atoms with Crippen molar-refractivity contribution in [3.05, 3.63) is 51.2 Å². The van der Waals surface area contributed by atoms with Gasteiger partial charge in [0.2, 0.25) is 5.91 Å². The van der Waals surface area contributed by atoms with E-state index in [0.717, 1.165) is 6.42 Å². The number of aryl methyl sites for hydroxylation is 2. The average molecular weight is 315 g/mol. The van der Waals surface area contributed by atoms with Gasteiger partial charge in [-0.2, -0.15) is 0 Å². The topological polar surface area (TPSA) is 66.4 Å². The molecule has 1 aromatic heterocycles. The number of aromatic carboxylic acids is 1. The van der Waals surface area contributed by atoms with E-state index in [1.54, 1.807) is 30.4 Å². The van der Waals surface area contributed by atoms with Gasteiger partial charge in [-0.1, -0.05) is 6.07 Å². The third-order valence-electron chi connectivity index (χ3n) is 4.10. The van der Waals surface area contributed by atoms with E-state index in [1.807, 2.05) is 0 Å². The molecule has 0 aliphatic heterocycles. The largest absolute Gasteiger partial charge is 0.478 e. The van der Waals surface area contributed by atoms with Crippen molar-refractivity contribution in [1.82, 2.24) is 0 Å². The molecule has 1 heterocycles. The van der Waals surface area contributed by atoms with Gasteiger partial charge in [-0.25, -0.2) is 4.79 Å². The number of nitrogens with one attached hydrogen (secondary N) is 1. The Morgan fingerprint density at radius 2 is 2.00 bits per heavy atom. The highest BCUT2D eigenvalue weighted by molar-refractivity contribution is 7.10. The predicted molar refractivity (Wildman–Crippen MR) is 86.7 cm³/mol. The normalized spacial score (nSPS) is 19.7. The first-order chi connectivity index (χ1) is 10.5.